The first-order chi connectivity index (χ1) is 10.8. The molecule has 0 spiro atoms. The van der Waals surface area contributed by atoms with Gasteiger partial charge in [-0.1, -0.05) is 26.0 Å². The highest BCUT2D eigenvalue weighted by atomic mass is 16.6. The second kappa shape index (κ2) is 6.71. The van der Waals surface area contributed by atoms with E-state index < -0.39 is 29.1 Å². The maximum absolute atomic E-state index is 12.3. The van der Waals surface area contributed by atoms with E-state index in [0.717, 1.165) is 16.0 Å². The number of hydrogen-bond donors (Lipinski definition) is 2. The predicted octanol–water partition coefficient (Wildman–Crippen LogP) is 3.17. The molecular weight excluding hydrogens is 308 g/mol. The first-order valence-electron chi connectivity index (χ1n) is 7.82. The number of nitrogens with two attached hydrogens (primary N) is 1. The number of carboxylic acid groups (broad SMARTS) is 1. The van der Waals surface area contributed by atoms with Crippen molar-refractivity contribution in [3.05, 3.63) is 29.3 Å². The number of likely N-dealkylation sites (N-methyl/N-ethyl adjacent to an activating group) is 1. The van der Waals surface area contributed by atoms with Crippen LogP contribution in [0.4, 0.5) is 10.5 Å². The lowest BCUT2D eigenvalue weighted by molar-refractivity contribution is -0.145. The number of aryl methyl sites for hydroxylation is 1. The summed E-state index contributed by atoms with van der Waals surface area (Å²) in [6.07, 6.45) is -0.678. The van der Waals surface area contributed by atoms with Gasteiger partial charge in [0, 0.05) is 18.2 Å². The molecule has 0 fully saturated rings. The van der Waals surface area contributed by atoms with Gasteiger partial charge in [0.05, 0.1) is 0 Å². The normalized spacial score (nSPS) is 13.3. The largest absolute Gasteiger partial charge is 0.480 e. The van der Waals surface area contributed by atoms with Crippen molar-refractivity contribution in [2.75, 3.05) is 12.8 Å². The van der Waals surface area contributed by atoms with Crippen LogP contribution < -0.4 is 5.73 Å². The average molecular weight is 336 g/mol. The molecule has 0 saturated heterocycles. The molecule has 0 aliphatic heterocycles. The van der Waals surface area contributed by atoms with Crippen molar-refractivity contribution in [2.24, 2.45) is 0 Å². The van der Waals surface area contributed by atoms with E-state index in [2.05, 4.69) is 0 Å². The Labute approximate surface area is 143 Å². The highest BCUT2D eigenvalue weighted by molar-refractivity contribution is 5.82. The molecule has 0 aromatic heterocycles. The number of rotatable bonds is 4. The minimum Gasteiger partial charge on any atom is -0.480 e. The third kappa shape index (κ3) is 4.40. The van der Waals surface area contributed by atoms with Gasteiger partial charge in [0.2, 0.25) is 0 Å². The number of carbonyl (C=O) groups is 2. The molecule has 0 aliphatic carbocycles. The topological polar surface area (TPSA) is 92.9 Å². The van der Waals surface area contributed by atoms with Crippen LogP contribution in [0, 0.1) is 6.92 Å². The second-order valence-corrected chi connectivity index (χ2v) is 7.63. The highest BCUT2D eigenvalue weighted by Crippen LogP contribution is 2.32. The summed E-state index contributed by atoms with van der Waals surface area (Å²) in [5, 5.41) is 9.73. The number of carboxylic acids is 1. The van der Waals surface area contributed by atoms with Crippen LogP contribution in [0.1, 0.15) is 45.7 Å². The van der Waals surface area contributed by atoms with E-state index in [-0.39, 0.29) is 0 Å². The van der Waals surface area contributed by atoms with E-state index in [1.807, 2.05) is 19.1 Å². The Kier molecular flexibility index (Phi) is 5.54. The average Bonchev–Trinajstić information content (AvgIpc) is 2.39. The van der Waals surface area contributed by atoms with Crippen molar-refractivity contribution < 1.29 is 19.4 Å². The molecule has 1 amide bonds. The van der Waals surface area contributed by atoms with Gasteiger partial charge in [-0.25, -0.2) is 9.59 Å². The van der Waals surface area contributed by atoms with Gasteiger partial charge in [-0.3, -0.25) is 4.90 Å². The van der Waals surface area contributed by atoms with Crippen molar-refractivity contribution in [1.29, 1.82) is 0 Å². The van der Waals surface area contributed by atoms with E-state index in [1.54, 1.807) is 40.7 Å². The molecule has 134 valence electrons. The Morgan fingerprint density at radius 2 is 1.75 bits per heavy atom. The van der Waals surface area contributed by atoms with Crippen molar-refractivity contribution in [3.63, 3.8) is 0 Å². The summed E-state index contributed by atoms with van der Waals surface area (Å²) in [6, 6.07) is 4.34. The Morgan fingerprint density at radius 1 is 1.21 bits per heavy atom. The third-order valence-electron chi connectivity index (χ3n) is 4.01. The molecule has 1 unspecified atom stereocenters. The van der Waals surface area contributed by atoms with Gasteiger partial charge in [0.15, 0.2) is 0 Å². The standard InChI is InChI=1S/C18H28N2O4/c1-11-8-9-12(10-13(11)19)18(5,6)14(15(21)22)20(7)16(23)24-17(2,3)4/h8-10,14H,19H2,1-7H3,(H,21,22). The summed E-state index contributed by atoms with van der Waals surface area (Å²) in [7, 11) is 1.44. The number of anilines is 1. The summed E-state index contributed by atoms with van der Waals surface area (Å²) in [4.78, 5) is 25.4. The fraction of sp³-hybridized carbons (Fsp3) is 0.556. The molecule has 6 heteroatoms. The zero-order valence-electron chi connectivity index (χ0n) is 15.5. The predicted molar refractivity (Wildman–Crippen MR) is 94.0 cm³/mol. The van der Waals surface area contributed by atoms with Gasteiger partial charge in [-0.05, 0) is 44.9 Å². The van der Waals surface area contributed by atoms with Crippen LogP contribution in [-0.4, -0.2) is 40.8 Å². The van der Waals surface area contributed by atoms with Gasteiger partial charge in [0.1, 0.15) is 11.6 Å². The Hall–Kier alpha value is -2.24. The van der Waals surface area contributed by atoms with Gasteiger partial charge >= 0.3 is 12.1 Å². The molecule has 6 nitrogen and oxygen atoms in total. The Bertz CT molecular complexity index is 632. The van der Waals surface area contributed by atoms with Crippen LogP contribution in [0.5, 0.6) is 0 Å². The monoisotopic (exact) mass is 336 g/mol. The lowest BCUT2D eigenvalue weighted by Gasteiger charge is -2.38. The molecule has 0 bridgehead atoms. The minimum atomic E-state index is -1.10. The summed E-state index contributed by atoms with van der Waals surface area (Å²) in [5.74, 6) is -1.10. The van der Waals surface area contributed by atoms with Crippen molar-refractivity contribution in [3.8, 4) is 0 Å². The zero-order valence-corrected chi connectivity index (χ0v) is 15.5. The summed E-state index contributed by atoms with van der Waals surface area (Å²) in [6.45, 7) is 10.6. The van der Waals surface area contributed by atoms with E-state index in [4.69, 9.17) is 10.5 Å². The molecule has 1 aromatic carbocycles. The van der Waals surface area contributed by atoms with Crippen LogP contribution in [0.15, 0.2) is 18.2 Å². The molecule has 1 aromatic rings. The number of ether oxygens (including phenoxy) is 1. The Morgan fingerprint density at radius 3 is 2.17 bits per heavy atom. The number of amides is 1. The third-order valence-corrected chi connectivity index (χ3v) is 4.01. The molecule has 24 heavy (non-hydrogen) atoms. The molecule has 3 N–H and O–H groups in total. The smallest absolute Gasteiger partial charge is 0.410 e. The fourth-order valence-electron chi connectivity index (χ4n) is 2.60. The summed E-state index contributed by atoms with van der Waals surface area (Å²) in [5.41, 5.74) is 6.65. The molecule has 0 saturated carbocycles. The van der Waals surface area contributed by atoms with Crippen LogP contribution in [0.2, 0.25) is 0 Å². The van der Waals surface area contributed by atoms with E-state index in [0.29, 0.717) is 5.69 Å². The van der Waals surface area contributed by atoms with Crippen LogP contribution in [0.25, 0.3) is 0 Å². The fourth-order valence-corrected chi connectivity index (χ4v) is 2.60. The number of carbonyl (C=O) groups excluding carboxylic acids is 1. The quantitative estimate of drug-likeness (QED) is 0.824. The van der Waals surface area contributed by atoms with Crippen LogP contribution in [-0.2, 0) is 14.9 Å². The van der Waals surface area contributed by atoms with E-state index >= 15 is 0 Å². The minimum absolute atomic E-state index is 0.588. The molecule has 0 aliphatic rings. The van der Waals surface area contributed by atoms with Gasteiger partial charge < -0.3 is 15.6 Å². The second-order valence-electron chi connectivity index (χ2n) is 7.63. The van der Waals surface area contributed by atoms with Gasteiger partial charge in [-0.15, -0.1) is 0 Å². The van der Waals surface area contributed by atoms with Crippen molar-refractivity contribution in [1.82, 2.24) is 4.90 Å². The van der Waals surface area contributed by atoms with E-state index in [9.17, 15) is 14.7 Å². The molecule has 0 heterocycles. The van der Waals surface area contributed by atoms with Gasteiger partial charge in [0.25, 0.3) is 0 Å². The number of benzene rings is 1. The van der Waals surface area contributed by atoms with Crippen LogP contribution in [0.3, 0.4) is 0 Å². The number of hydrogen-bond acceptors (Lipinski definition) is 4. The lowest BCUT2D eigenvalue weighted by atomic mass is 9.76. The molecule has 0 radical (unpaired) electrons. The zero-order chi connectivity index (χ0) is 18.9. The molecule has 1 atom stereocenters. The maximum atomic E-state index is 12.3. The summed E-state index contributed by atoms with van der Waals surface area (Å²) < 4.78 is 5.30. The SMILES string of the molecule is Cc1ccc(C(C)(C)C(C(=O)O)N(C)C(=O)OC(C)(C)C)cc1N. The van der Waals surface area contributed by atoms with Gasteiger partial charge in [-0.2, -0.15) is 0 Å². The number of nitrogens with zero attached hydrogens (tertiary/aromatic N) is 1. The highest BCUT2D eigenvalue weighted by Gasteiger charge is 2.43. The molecule has 1 rings (SSSR count). The number of nitrogen functional groups attached to an aromatic ring is 1. The number of aliphatic carboxylic acids is 1. The maximum Gasteiger partial charge on any atom is 0.410 e. The summed E-state index contributed by atoms with van der Waals surface area (Å²) >= 11 is 0. The van der Waals surface area contributed by atoms with Crippen molar-refractivity contribution >= 4 is 17.7 Å². The first-order valence-corrected chi connectivity index (χ1v) is 7.82. The lowest BCUT2D eigenvalue weighted by Crippen LogP contribution is -2.54. The molecular formula is C18H28N2O4. The Balaban J connectivity index is 3.24. The van der Waals surface area contributed by atoms with Crippen LogP contribution >= 0.6 is 0 Å². The first kappa shape index (κ1) is 19.8. The van der Waals surface area contributed by atoms with Crippen molar-refractivity contribution in [2.45, 2.75) is 58.6 Å². The van der Waals surface area contributed by atoms with E-state index in [1.165, 1.54) is 7.05 Å².